The zero-order valence-electron chi connectivity index (χ0n) is 18.0. The summed E-state index contributed by atoms with van der Waals surface area (Å²) in [5, 5.41) is 11.4. The van der Waals surface area contributed by atoms with Crippen LogP contribution in [0.1, 0.15) is 11.6 Å². The predicted octanol–water partition coefficient (Wildman–Crippen LogP) is 3.46. The summed E-state index contributed by atoms with van der Waals surface area (Å²) in [6.07, 6.45) is -0.997. The van der Waals surface area contributed by atoms with Crippen LogP contribution >= 0.6 is 0 Å². The van der Waals surface area contributed by atoms with Gasteiger partial charge in [0.05, 0.1) is 31.6 Å². The van der Waals surface area contributed by atoms with Crippen molar-refractivity contribution >= 4 is 23.2 Å². The zero-order chi connectivity index (χ0) is 23.1. The molecule has 168 valence electrons. The molecule has 0 aromatic heterocycles. The van der Waals surface area contributed by atoms with Gasteiger partial charge in [0, 0.05) is 6.07 Å². The summed E-state index contributed by atoms with van der Waals surface area (Å²) in [7, 11) is 3.00. The highest BCUT2D eigenvalue weighted by Gasteiger charge is 2.60. The van der Waals surface area contributed by atoms with Crippen molar-refractivity contribution in [3.05, 3.63) is 78.4 Å². The van der Waals surface area contributed by atoms with Gasteiger partial charge in [0.1, 0.15) is 23.2 Å². The van der Waals surface area contributed by atoms with Crippen molar-refractivity contribution in [2.45, 2.75) is 12.1 Å². The van der Waals surface area contributed by atoms with E-state index in [1.807, 2.05) is 30.3 Å². The highest BCUT2D eigenvalue weighted by molar-refractivity contribution is 6.24. The van der Waals surface area contributed by atoms with Gasteiger partial charge in [-0.1, -0.05) is 30.3 Å². The van der Waals surface area contributed by atoms with E-state index in [0.717, 1.165) is 16.2 Å². The molecular weight excluding hydrogens is 424 g/mol. The number of amides is 2. The number of fused-ring (bicyclic) bond motifs is 1. The molecule has 8 heteroatoms. The minimum Gasteiger partial charge on any atom is -0.508 e. The van der Waals surface area contributed by atoms with Crippen LogP contribution in [0, 0.1) is 5.92 Å². The van der Waals surface area contributed by atoms with Gasteiger partial charge in [0.15, 0.2) is 6.10 Å². The number of rotatable bonds is 5. The number of hydrogen-bond acceptors (Lipinski definition) is 7. The van der Waals surface area contributed by atoms with E-state index in [1.165, 1.54) is 14.2 Å². The van der Waals surface area contributed by atoms with E-state index in [4.69, 9.17) is 14.3 Å². The third kappa shape index (κ3) is 3.35. The fraction of sp³-hybridized carbons (Fsp3) is 0.200. The summed E-state index contributed by atoms with van der Waals surface area (Å²) >= 11 is 0. The number of aromatic hydroxyl groups is 1. The van der Waals surface area contributed by atoms with Crippen molar-refractivity contribution in [1.82, 2.24) is 0 Å². The van der Waals surface area contributed by atoms with Crippen LogP contribution in [0.2, 0.25) is 0 Å². The average Bonchev–Trinajstić information content (AvgIpc) is 3.35. The second-order valence-corrected chi connectivity index (χ2v) is 7.80. The van der Waals surface area contributed by atoms with E-state index in [0.29, 0.717) is 17.2 Å². The van der Waals surface area contributed by atoms with Crippen LogP contribution in [0.15, 0.2) is 72.8 Å². The van der Waals surface area contributed by atoms with Crippen molar-refractivity contribution in [1.29, 1.82) is 0 Å². The fourth-order valence-corrected chi connectivity index (χ4v) is 4.43. The van der Waals surface area contributed by atoms with Crippen LogP contribution < -0.4 is 19.4 Å². The third-order valence-corrected chi connectivity index (χ3v) is 5.99. The van der Waals surface area contributed by atoms with E-state index < -0.39 is 24.0 Å². The Hall–Kier alpha value is -4.04. The number of phenols is 1. The van der Waals surface area contributed by atoms with Crippen molar-refractivity contribution in [3.63, 3.8) is 0 Å². The number of carbonyl (C=O) groups excluding carboxylic acids is 2. The molecule has 5 rings (SSSR count). The Morgan fingerprint density at radius 3 is 2.27 bits per heavy atom. The van der Waals surface area contributed by atoms with Crippen LogP contribution in [0.4, 0.5) is 11.4 Å². The number of nitrogens with zero attached hydrogens (tertiary/aromatic N) is 2. The molecule has 1 N–H and O–H groups in total. The summed E-state index contributed by atoms with van der Waals surface area (Å²) in [6, 6.07) is 20.2. The molecule has 3 atom stereocenters. The molecule has 0 unspecified atom stereocenters. The van der Waals surface area contributed by atoms with Gasteiger partial charge in [-0.05, 0) is 42.0 Å². The van der Waals surface area contributed by atoms with Gasteiger partial charge in [-0.3, -0.25) is 14.4 Å². The number of ether oxygens (including phenoxy) is 2. The first-order valence-corrected chi connectivity index (χ1v) is 10.4. The van der Waals surface area contributed by atoms with Crippen molar-refractivity contribution in [2.75, 3.05) is 24.2 Å². The fourth-order valence-electron chi connectivity index (χ4n) is 4.43. The first-order chi connectivity index (χ1) is 16.0. The number of imide groups is 1. The van der Waals surface area contributed by atoms with E-state index in [9.17, 15) is 14.7 Å². The lowest BCUT2D eigenvalue weighted by molar-refractivity contribution is -0.126. The Balaban J connectivity index is 1.58. The number of para-hydroxylation sites is 1. The molecule has 2 fully saturated rings. The molecule has 2 saturated heterocycles. The normalized spacial score (nSPS) is 21.9. The highest BCUT2D eigenvalue weighted by atomic mass is 16.7. The quantitative estimate of drug-likeness (QED) is 0.601. The number of hydrogen-bond donors (Lipinski definition) is 1. The summed E-state index contributed by atoms with van der Waals surface area (Å²) in [5.74, 6) is -0.630. The van der Waals surface area contributed by atoms with Gasteiger partial charge in [0.25, 0.3) is 5.91 Å². The maximum atomic E-state index is 13.7. The van der Waals surface area contributed by atoms with Crippen molar-refractivity contribution in [2.24, 2.45) is 5.92 Å². The van der Waals surface area contributed by atoms with Gasteiger partial charge in [-0.2, -0.15) is 0 Å². The lowest BCUT2D eigenvalue weighted by Crippen LogP contribution is -2.37. The minimum atomic E-state index is -0.997. The second kappa shape index (κ2) is 8.14. The zero-order valence-corrected chi connectivity index (χ0v) is 18.0. The average molecular weight is 446 g/mol. The molecule has 0 radical (unpaired) electrons. The van der Waals surface area contributed by atoms with Crippen molar-refractivity contribution in [3.8, 4) is 17.2 Å². The van der Waals surface area contributed by atoms with Gasteiger partial charge in [-0.15, -0.1) is 0 Å². The molecule has 0 aliphatic carbocycles. The number of methoxy groups -OCH3 is 2. The third-order valence-electron chi connectivity index (χ3n) is 5.99. The van der Waals surface area contributed by atoms with Crippen LogP contribution in [0.3, 0.4) is 0 Å². The number of hydroxylamine groups is 1. The number of phenolic OH excluding ortho intramolecular Hbond substituents is 1. The molecule has 3 aromatic rings. The van der Waals surface area contributed by atoms with Crippen LogP contribution in [-0.4, -0.2) is 37.2 Å². The molecule has 3 aromatic carbocycles. The summed E-state index contributed by atoms with van der Waals surface area (Å²) in [6.45, 7) is 0. The van der Waals surface area contributed by atoms with E-state index >= 15 is 0 Å². The number of carbonyl (C=O) groups is 2. The first kappa shape index (κ1) is 20.8. The minimum absolute atomic E-state index is 0.110. The molecule has 8 nitrogen and oxygen atoms in total. The number of benzene rings is 3. The SMILES string of the molecule is COc1ccc(N2C(=O)[C@@H]3[C@@H](ON(c4ccccc4)[C@H]3c3ccc(O)cc3)C2=O)c(OC)c1. The summed E-state index contributed by atoms with van der Waals surface area (Å²) in [5.41, 5.74) is 1.80. The monoisotopic (exact) mass is 446 g/mol. The predicted molar refractivity (Wildman–Crippen MR) is 120 cm³/mol. The van der Waals surface area contributed by atoms with Gasteiger partial charge in [0.2, 0.25) is 5.91 Å². The first-order valence-electron chi connectivity index (χ1n) is 10.4. The van der Waals surface area contributed by atoms with Crippen LogP contribution in [0.25, 0.3) is 0 Å². The Bertz CT molecular complexity index is 1200. The molecule has 0 saturated carbocycles. The highest BCUT2D eigenvalue weighted by Crippen LogP contribution is 2.49. The molecule has 2 aliphatic rings. The van der Waals surface area contributed by atoms with E-state index in [1.54, 1.807) is 47.5 Å². The molecule has 2 amide bonds. The summed E-state index contributed by atoms with van der Waals surface area (Å²) in [4.78, 5) is 34.4. The van der Waals surface area contributed by atoms with Crippen LogP contribution in [-0.2, 0) is 14.4 Å². The molecule has 33 heavy (non-hydrogen) atoms. The maximum Gasteiger partial charge on any atom is 0.266 e. The van der Waals surface area contributed by atoms with Crippen molar-refractivity contribution < 1.29 is 29.0 Å². The summed E-state index contributed by atoms with van der Waals surface area (Å²) < 4.78 is 10.7. The Kier molecular flexibility index (Phi) is 5.14. The molecule has 2 heterocycles. The largest absolute Gasteiger partial charge is 0.508 e. The molecule has 0 spiro atoms. The van der Waals surface area contributed by atoms with E-state index in [2.05, 4.69) is 0 Å². The molecule has 2 aliphatic heterocycles. The molecule has 0 bridgehead atoms. The number of anilines is 2. The van der Waals surface area contributed by atoms with Crippen LogP contribution in [0.5, 0.6) is 17.2 Å². The smallest absolute Gasteiger partial charge is 0.266 e. The van der Waals surface area contributed by atoms with Gasteiger partial charge in [-0.25, -0.2) is 9.96 Å². The Morgan fingerprint density at radius 2 is 1.61 bits per heavy atom. The van der Waals surface area contributed by atoms with Gasteiger partial charge >= 0.3 is 0 Å². The second-order valence-electron chi connectivity index (χ2n) is 7.80. The Morgan fingerprint density at radius 1 is 0.879 bits per heavy atom. The lowest BCUT2D eigenvalue weighted by Gasteiger charge is -2.29. The standard InChI is InChI=1S/C25H22N2O6/c1-31-18-12-13-19(20(14-18)32-2)26-24(29)21-22(15-8-10-17(28)11-9-15)27(33-23(21)25(26)30)16-6-4-3-5-7-16/h3-14,21-23,28H,1-2H3/t21-,22-,23+/m0/s1. The Labute approximate surface area is 190 Å². The molecular formula is C25H22N2O6. The topological polar surface area (TPSA) is 88.5 Å². The van der Waals surface area contributed by atoms with Gasteiger partial charge < -0.3 is 14.6 Å². The maximum absolute atomic E-state index is 13.7. The lowest BCUT2D eigenvalue weighted by atomic mass is 9.90. The van der Waals surface area contributed by atoms with E-state index in [-0.39, 0.29) is 11.7 Å².